The lowest BCUT2D eigenvalue weighted by atomic mass is 10.2. The van der Waals surface area contributed by atoms with Crippen LogP contribution in [0.3, 0.4) is 0 Å². The van der Waals surface area contributed by atoms with Crippen LogP contribution in [0.1, 0.15) is 24.8 Å². The third kappa shape index (κ3) is 2.34. The van der Waals surface area contributed by atoms with Crippen molar-refractivity contribution in [1.29, 1.82) is 0 Å². The number of nitrogens with one attached hydrogen (secondary N) is 1. The average Bonchev–Trinajstić information content (AvgIpc) is 3.01. The number of rotatable bonds is 3. The Morgan fingerprint density at radius 3 is 2.61 bits per heavy atom. The maximum absolute atomic E-state index is 13.9. The first kappa shape index (κ1) is 11.9. The van der Waals surface area contributed by atoms with Gasteiger partial charge in [0.25, 0.3) is 0 Å². The Morgan fingerprint density at radius 1 is 1.11 bits per heavy atom. The molecular formula is C14H18F2N2. The van der Waals surface area contributed by atoms with Gasteiger partial charge >= 0.3 is 0 Å². The van der Waals surface area contributed by atoms with Gasteiger partial charge in [0.15, 0.2) is 0 Å². The first-order valence-corrected chi connectivity index (χ1v) is 6.60. The molecule has 1 saturated carbocycles. The molecule has 0 bridgehead atoms. The summed E-state index contributed by atoms with van der Waals surface area (Å²) in [5, 5.41) is 3.54. The predicted molar refractivity (Wildman–Crippen MR) is 67.9 cm³/mol. The highest BCUT2D eigenvalue weighted by molar-refractivity contribution is 5.50. The minimum atomic E-state index is -0.329. The molecule has 2 aliphatic rings. The lowest BCUT2D eigenvalue weighted by Crippen LogP contribution is -2.34. The van der Waals surface area contributed by atoms with Crippen molar-refractivity contribution in [3.63, 3.8) is 0 Å². The van der Waals surface area contributed by atoms with Gasteiger partial charge in [-0.25, -0.2) is 8.78 Å². The highest BCUT2D eigenvalue weighted by Crippen LogP contribution is 2.28. The maximum Gasteiger partial charge on any atom is 0.146 e. The molecule has 1 aromatic rings. The van der Waals surface area contributed by atoms with Crippen LogP contribution >= 0.6 is 0 Å². The van der Waals surface area contributed by atoms with Gasteiger partial charge in [-0.05, 0) is 37.8 Å². The first-order valence-electron chi connectivity index (χ1n) is 6.60. The molecule has 0 aromatic heterocycles. The quantitative estimate of drug-likeness (QED) is 0.889. The zero-order chi connectivity index (χ0) is 12.7. The van der Waals surface area contributed by atoms with Gasteiger partial charge in [0.05, 0.1) is 5.69 Å². The molecule has 1 aliphatic carbocycles. The summed E-state index contributed by atoms with van der Waals surface area (Å²) in [5.41, 5.74) is 0.765. The van der Waals surface area contributed by atoms with Crippen molar-refractivity contribution in [1.82, 2.24) is 5.32 Å². The van der Waals surface area contributed by atoms with Crippen LogP contribution in [-0.4, -0.2) is 25.2 Å². The maximum atomic E-state index is 13.9. The molecular weight excluding hydrogens is 234 g/mol. The van der Waals surface area contributed by atoms with Gasteiger partial charge in [0, 0.05) is 31.2 Å². The first-order chi connectivity index (χ1) is 8.63. The normalized spacial score (nSPS) is 23.7. The number of anilines is 1. The zero-order valence-electron chi connectivity index (χ0n) is 10.5. The number of aryl methyl sites for hydroxylation is 1. The molecule has 1 saturated heterocycles. The standard InChI is InChI=1S/C14H18F2N2/c1-9-6-13(16)14(7-12(9)15)18-5-4-11(8-18)17-10-2-3-10/h6-7,10-11,17H,2-5,8H2,1H3. The van der Waals surface area contributed by atoms with Gasteiger partial charge in [0.1, 0.15) is 11.6 Å². The van der Waals surface area contributed by atoms with Gasteiger partial charge in [-0.2, -0.15) is 0 Å². The van der Waals surface area contributed by atoms with Crippen LogP contribution in [-0.2, 0) is 0 Å². The van der Waals surface area contributed by atoms with Crippen molar-refractivity contribution >= 4 is 5.69 Å². The summed E-state index contributed by atoms with van der Waals surface area (Å²) >= 11 is 0. The molecule has 1 unspecified atom stereocenters. The second-order valence-electron chi connectivity index (χ2n) is 5.43. The van der Waals surface area contributed by atoms with Crippen molar-refractivity contribution < 1.29 is 8.78 Å². The van der Waals surface area contributed by atoms with E-state index in [9.17, 15) is 8.78 Å². The molecule has 3 rings (SSSR count). The number of benzene rings is 1. The van der Waals surface area contributed by atoms with Gasteiger partial charge in [-0.1, -0.05) is 0 Å². The summed E-state index contributed by atoms with van der Waals surface area (Å²) in [7, 11) is 0. The molecule has 1 aliphatic heterocycles. The van der Waals surface area contributed by atoms with Crippen LogP contribution < -0.4 is 10.2 Å². The van der Waals surface area contributed by atoms with Gasteiger partial charge < -0.3 is 10.2 Å². The van der Waals surface area contributed by atoms with Crippen LogP contribution in [0.25, 0.3) is 0 Å². The zero-order valence-corrected chi connectivity index (χ0v) is 10.5. The highest BCUT2D eigenvalue weighted by Gasteiger charge is 2.30. The van der Waals surface area contributed by atoms with E-state index in [2.05, 4.69) is 5.32 Å². The van der Waals surface area contributed by atoms with Crippen molar-refractivity contribution in [3.8, 4) is 0 Å². The summed E-state index contributed by atoms with van der Waals surface area (Å²) in [5.74, 6) is -0.647. The monoisotopic (exact) mass is 252 g/mol. The predicted octanol–water partition coefficient (Wildman–Crippen LogP) is 2.60. The van der Waals surface area contributed by atoms with Gasteiger partial charge in [-0.15, -0.1) is 0 Å². The van der Waals surface area contributed by atoms with E-state index in [0.717, 1.165) is 19.5 Å². The third-order valence-electron chi connectivity index (χ3n) is 3.81. The molecule has 1 heterocycles. The molecule has 18 heavy (non-hydrogen) atoms. The Bertz CT molecular complexity index is 457. The molecule has 1 aromatic carbocycles. The van der Waals surface area contributed by atoms with E-state index in [-0.39, 0.29) is 11.6 Å². The van der Waals surface area contributed by atoms with Gasteiger partial charge in [-0.3, -0.25) is 0 Å². The highest BCUT2D eigenvalue weighted by atomic mass is 19.1. The number of hydrogen-bond acceptors (Lipinski definition) is 2. The van der Waals surface area contributed by atoms with Crippen LogP contribution in [0.2, 0.25) is 0 Å². The molecule has 1 N–H and O–H groups in total. The number of nitrogens with zero attached hydrogens (tertiary/aromatic N) is 1. The second kappa shape index (κ2) is 4.50. The van der Waals surface area contributed by atoms with Crippen molar-refractivity contribution in [2.45, 2.75) is 38.3 Å². The Balaban J connectivity index is 1.73. The number of hydrogen-bond donors (Lipinski definition) is 1. The van der Waals surface area contributed by atoms with Crippen LogP contribution in [0.4, 0.5) is 14.5 Å². The summed E-state index contributed by atoms with van der Waals surface area (Å²) in [6, 6.07) is 3.69. The molecule has 4 heteroatoms. The summed E-state index contributed by atoms with van der Waals surface area (Å²) < 4.78 is 27.4. The molecule has 2 fully saturated rings. The molecule has 1 atom stereocenters. The molecule has 0 amide bonds. The minimum Gasteiger partial charge on any atom is -0.367 e. The third-order valence-corrected chi connectivity index (χ3v) is 3.81. The number of halogens is 2. The van der Waals surface area contributed by atoms with Crippen LogP contribution in [0.15, 0.2) is 12.1 Å². The molecule has 2 nitrogen and oxygen atoms in total. The van der Waals surface area contributed by atoms with E-state index >= 15 is 0 Å². The summed E-state index contributed by atoms with van der Waals surface area (Å²) in [6.07, 6.45) is 3.51. The topological polar surface area (TPSA) is 15.3 Å². The van der Waals surface area contributed by atoms with Crippen molar-refractivity contribution in [2.24, 2.45) is 0 Å². The molecule has 0 spiro atoms. The Morgan fingerprint density at radius 2 is 1.89 bits per heavy atom. The summed E-state index contributed by atoms with van der Waals surface area (Å²) in [4.78, 5) is 1.94. The lowest BCUT2D eigenvalue weighted by molar-refractivity contribution is 0.547. The Hall–Kier alpha value is -1.16. The second-order valence-corrected chi connectivity index (χ2v) is 5.43. The fourth-order valence-electron chi connectivity index (χ4n) is 2.58. The lowest BCUT2D eigenvalue weighted by Gasteiger charge is -2.20. The Kier molecular flexibility index (Phi) is 2.98. The fraction of sp³-hybridized carbons (Fsp3) is 0.571. The van der Waals surface area contributed by atoms with Crippen molar-refractivity contribution in [3.05, 3.63) is 29.3 Å². The van der Waals surface area contributed by atoms with Gasteiger partial charge in [0.2, 0.25) is 0 Å². The van der Waals surface area contributed by atoms with Crippen LogP contribution in [0, 0.1) is 18.6 Å². The van der Waals surface area contributed by atoms with E-state index in [4.69, 9.17) is 0 Å². The fourth-order valence-corrected chi connectivity index (χ4v) is 2.58. The van der Waals surface area contributed by atoms with Crippen LogP contribution in [0.5, 0.6) is 0 Å². The average molecular weight is 252 g/mol. The van der Waals surface area contributed by atoms with E-state index in [1.54, 1.807) is 6.92 Å². The smallest absolute Gasteiger partial charge is 0.146 e. The largest absolute Gasteiger partial charge is 0.367 e. The van der Waals surface area contributed by atoms with Crippen molar-refractivity contribution in [2.75, 3.05) is 18.0 Å². The SMILES string of the molecule is Cc1cc(F)c(N2CCC(NC3CC3)C2)cc1F. The van der Waals surface area contributed by atoms with E-state index in [0.29, 0.717) is 23.3 Å². The van der Waals surface area contributed by atoms with E-state index < -0.39 is 0 Å². The summed E-state index contributed by atoms with van der Waals surface area (Å²) in [6.45, 7) is 3.16. The molecule has 98 valence electrons. The van der Waals surface area contributed by atoms with E-state index in [1.807, 2.05) is 4.90 Å². The van der Waals surface area contributed by atoms with E-state index in [1.165, 1.54) is 25.0 Å². The minimum absolute atomic E-state index is 0.319. The Labute approximate surface area is 106 Å². The molecule has 0 radical (unpaired) electrons.